The Morgan fingerprint density at radius 1 is 0.406 bits per heavy atom. The summed E-state index contributed by atoms with van der Waals surface area (Å²) in [5.41, 5.74) is 9.74. The number of fused-ring (bicyclic) bond motifs is 2. The van der Waals surface area contributed by atoms with Gasteiger partial charge in [-0.25, -0.2) is 9.98 Å². The van der Waals surface area contributed by atoms with Crippen molar-refractivity contribution in [1.82, 2.24) is 0 Å². The summed E-state index contributed by atoms with van der Waals surface area (Å²) in [5, 5.41) is 7.21. The fourth-order valence-corrected chi connectivity index (χ4v) is 4.11. The van der Waals surface area contributed by atoms with Crippen LogP contribution in [0.3, 0.4) is 0 Å². The molecule has 0 amide bonds. The minimum Gasteiger partial charge on any atom is -0.351 e. The number of hydrogen-bond acceptors (Lipinski definition) is 4. The third-order valence-electron chi connectivity index (χ3n) is 5.60. The van der Waals surface area contributed by atoms with Gasteiger partial charge in [-0.3, -0.25) is 0 Å². The Hall–Kier alpha value is -4.44. The highest BCUT2D eigenvalue weighted by Gasteiger charge is 2.32. The smallest absolute Gasteiger partial charge is 0.0987 e. The van der Waals surface area contributed by atoms with E-state index in [1.54, 1.807) is 0 Å². The fourth-order valence-electron chi connectivity index (χ4n) is 4.11. The third-order valence-corrected chi connectivity index (χ3v) is 5.60. The van der Waals surface area contributed by atoms with Crippen LogP contribution < -0.4 is 10.6 Å². The summed E-state index contributed by atoms with van der Waals surface area (Å²) in [6.45, 7) is 0. The summed E-state index contributed by atoms with van der Waals surface area (Å²) in [6.07, 6.45) is 0. The van der Waals surface area contributed by atoms with E-state index in [1.165, 1.54) is 0 Å². The van der Waals surface area contributed by atoms with Crippen molar-refractivity contribution in [2.75, 3.05) is 10.6 Å². The van der Waals surface area contributed by atoms with Gasteiger partial charge in [-0.15, -0.1) is 0 Å². The molecule has 0 aromatic heterocycles. The Kier molecular flexibility index (Phi) is 4.40. The Morgan fingerprint density at radius 3 is 1.22 bits per heavy atom. The SMILES string of the molecule is c1ccc(/N=C2/C(=C3\Nc4ccccc4\C3=N/c3ccccc3)Nc3ccccc32)cc1. The van der Waals surface area contributed by atoms with Gasteiger partial charge in [-0.2, -0.15) is 0 Å². The fraction of sp³-hybridized carbons (Fsp3) is 0. The van der Waals surface area contributed by atoms with Gasteiger partial charge in [0.25, 0.3) is 0 Å². The molecule has 0 saturated carbocycles. The highest BCUT2D eigenvalue weighted by molar-refractivity contribution is 6.31. The average molecular weight is 412 g/mol. The summed E-state index contributed by atoms with van der Waals surface area (Å²) < 4.78 is 0. The van der Waals surface area contributed by atoms with E-state index < -0.39 is 0 Å². The lowest BCUT2D eigenvalue weighted by atomic mass is 10.1. The molecule has 0 unspecified atom stereocenters. The number of benzene rings is 4. The first kappa shape index (κ1) is 18.3. The zero-order valence-corrected chi connectivity index (χ0v) is 17.3. The zero-order chi connectivity index (χ0) is 21.3. The lowest BCUT2D eigenvalue weighted by molar-refractivity contribution is 1.44. The molecule has 2 aliphatic heterocycles. The van der Waals surface area contributed by atoms with E-state index in [9.17, 15) is 0 Å². The van der Waals surface area contributed by atoms with Crippen LogP contribution in [0.25, 0.3) is 0 Å². The molecule has 4 heteroatoms. The van der Waals surface area contributed by atoms with Crippen LogP contribution >= 0.6 is 0 Å². The van der Waals surface area contributed by atoms with E-state index >= 15 is 0 Å². The first-order valence-corrected chi connectivity index (χ1v) is 10.6. The number of nitrogens with zero attached hydrogens (tertiary/aromatic N) is 2. The molecule has 0 radical (unpaired) electrons. The molecule has 4 aromatic rings. The Bertz CT molecular complexity index is 1290. The van der Waals surface area contributed by atoms with Crippen molar-refractivity contribution in [3.05, 3.63) is 132 Å². The predicted molar refractivity (Wildman–Crippen MR) is 132 cm³/mol. The van der Waals surface area contributed by atoms with Crippen molar-refractivity contribution in [2.45, 2.75) is 0 Å². The molecule has 2 heterocycles. The zero-order valence-electron chi connectivity index (χ0n) is 17.3. The van der Waals surface area contributed by atoms with Gasteiger partial charge in [0.1, 0.15) is 0 Å². The molecule has 152 valence electrons. The number of allylic oxidation sites excluding steroid dienone is 2. The second-order valence-electron chi connectivity index (χ2n) is 7.68. The van der Waals surface area contributed by atoms with Gasteiger partial charge in [0.2, 0.25) is 0 Å². The average Bonchev–Trinajstić information content (AvgIpc) is 3.39. The number of hydrogen-bond donors (Lipinski definition) is 2. The molecule has 0 fully saturated rings. The van der Waals surface area contributed by atoms with E-state index in [0.717, 1.165) is 56.7 Å². The number of rotatable bonds is 2. The molecule has 0 atom stereocenters. The van der Waals surface area contributed by atoms with Crippen LogP contribution in [0.1, 0.15) is 11.1 Å². The summed E-state index contributed by atoms with van der Waals surface area (Å²) in [6, 6.07) is 36.7. The lowest BCUT2D eigenvalue weighted by Gasteiger charge is -2.09. The normalized spacial score (nSPS) is 18.9. The molecule has 0 saturated heterocycles. The second-order valence-corrected chi connectivity index (χ2v) is 7.68. The van der Waals surface area contributed by atoms with Gasteiger partial charge < -0.3 is 10.6 Å². The van der Waals surface area contributed by atoms with Gasteiger partial charge in [0.15, 0.2) is 0 Å². The maximum atomic E-state index is 5.03. The highest BCUT2D eigenvalue weighted by atomic mass is 15.1. The Morgan fingerprint density at radius 2 is 0.781 bits per heavy atom. The topological polar surface area (TPSA) is 48.8 Å². The van der Waals surface area contributed by atoms with Crippen molar-refractivity contribution in [2.24, 2.45) is 9.98 Å². The molecule has 0 spiro atoms. The number of nitrogens with one attached hydrogen (secondary N) is 2. The maximum Gasteiger partial charge on any atom is 0.0987 e. The summed E-state index contributed by atoms with van der Waals surface area (Å²) in [5.74, 6) is 0. The number of aliphatic imine (C=N–C) groups is 2. The predicted octanol–water partition coefficient (Wildman–Crippen LogP) is 6.69. The molecular weight excluding hydrogens is 392 g/mol. The molecule has 6 rings (SSSR count). The Labute approximate surface area is 186 Å². The molecule has 32 heavy (non-hydrogen) atoms. The van der Waals surface area contributed by atoms with Crippen molar-refractivity contribution >= 4 is 34.2 Å². The van der Waals surface area contributed by atoms with E-state index in [4.69, 9.17) is 9.98 Å². The van der Waals surface area contributed by atoms with Gasteiger partial charge >= 0.3 is 0 Å². The molecular formula is C28H20N4. The van der Waals surface area contributed by atoms with Crippen LogP contribution in [0.15, 0.2) is 131 Å². The molecule has 2 N–H and O–H groups in total. The molecule has 0 bridgehead atoms. The first-order chi connectivity index (χ1) is 15.9. The van der Waals surface area contributed by atoms with E-state index in [0.29, 0.717) is 0 Å². The minimum absolute atomic E-state index is 0.905. The second kappa shape index (κ2) is 7.67. The summed E-state index contributed by atoms with van der Waals surface area (Å²) in [7, 11) is 0. The van der Waals surface area contributed by atoms with Crippen LogP contribution in [0, 0.1) is 0 Å². The maximum absolute atomic E-state index is 5.03. The van der Waals surface area contributed by atoms with Gasteiger partial charge in [-0.05, 0) is 36.4 Å². The molecule has 4 aromatic carbocycles. The number of anilines is 2. The van der Waals surface area contributed by atoms with Crippen LogP contribution in [-0.4, -0.2) is 11.4 Å². The van der Waals surface area contributed by atoms with E-state index in [1.807, 2.05) is 84.9 Å². The van der Waals surface area contributed by atoms with Crippen LogP contribution in [-0.2, 0) is 0 Å². The van der Waals surface area contributed by atoms with Gasteiger partial charge in [0, 0.05) is 22.5 Å². The minimum atomic E-state index is 0.905. The quantitative estimate of drug-likeness (QED) is 0.385. The third kappa shape index (κ3) is 3.19. The van der Waals surface area contributed by atoms with Crippen molar-refractivity contribution in [1.29, 1.82) is 0 Å². The monoisotopic (exact) mass is 412 g/mol. The van der Waals surface area contributed by atoms with E-state index in [-0.39, 0.29) is 0 Å². The van der Waals surface area contributed by atoms with Crippen LogP contribution in [0.4, 0.5) is 22.7 Å². The summed E-state index contributed by atoms with van der Waals surface area (Å²) >= 11 is 0. The van der Waals surface area contributed by atoms with Crippen molar-refractivity contribution in [3.8, 4) is 0 Å². The number of para-hydroxylation sites is 4. The largest absolute Gasteiger partial charge is 0.351 e. The lowest BCUT2D eigenvalue weighted by Crippen LogP contribution is -2.14. The van der Waals surface area contributed by atoms with Gasteiger partial charge in [-0.1, -0.05) is 72.8 Å². The molecule has 4 nitrogen and oxygen atoms in total. The van der Waals surface area contributed by atoms with Crippen LogP contribution in [0.5, 0.6) is 0 Å². The first-order valence-electron chi connectivity index (χ1n) is 10.6. The van der Waals surface area contributed by atoms with Crippen molar-refractivity contribution in [3.63, 3.8) is 0 Å². The Balaban J connectivity index is 1.58. The van der Waals surface area contributed by atoms with Gasteiger partial charge in [0.05, 0.1) is 34.2 Å². The van der Waals surface area contributed by atoms with Crippen molar-refractivity contribution < 1.29 is 0 Å². The molecule has 0 aliphatic carbocycles. The van der Waals surface area contributed by atoms with Crippen LogP contribution in [0.2, 0.25) is 0 Å². The standard InChI is InChI=1S/C28H20N4/c1-3-11-19(12-4-1)29-25-21-15-7-9-17-23(21)31-27(25)28-26(30-20-13-5-2-6-14-20)22-16-8-10-18-24(22)32-28/h1-18,31-32H/b28-27+,29-25+,30-26+. The molecule has 2 aliphatic rings. The summed E-state index contributed by atoms with van der Waals surface area (Å²) in [4.78, 5) is 10.1. The highest BCUT2D eigenvalue weighted by Crippen LogP contribution is 2.37. The van der Waals surface area contributed by atoms with E-state index in [2.05, 4.69) is 34.9 Å².